The average Bonchev–Trinajstić information content (AvgIpc) is 2.72. The summed E-state index contributed by atoms with van der Waals surface area (Å²) < 4.78 is 40.4. The number of aliphatic imine (C=N–C) groups is 1. The van der Waals surface area contributed by atoms with Gasteiger partial charge in [0.2, 0.25) is 0 Å². The second-order valence-corrected chi connectivity index (χ2v) is 5.61. The SMILES string of the molecule is N#CC(C#N)=C(N=C(Nc1ccccc1)c1ccc([N+](=O)[O-])cc1[N+](=O)[O-])C(F)(F)F. The van der Waals surface area contributed by atoms with E-state index in [0.717, 1.165) is 24.3 Å². The maximum Gasteiger partial charge on any atom is 0.435 e. The monoisotopic (exact) mass is 430 g/mol. The van der Waals surface area contributed by atoms with Gasteiger partial charge in [-0.1, -0.05) is 18.2 Å². The first kappa shape index (κ1) is 22.5. The molecule has 1 N–H and O–H groups in total. The van der Waals surface area contributed by atoms with Crippen LogP contribution >= 0.6 is 0 Å². The minimum atomic E-state index is -5.25. The molecule has 2 aromatic rings. The van der Waals surface area contributed by atoms with Gasteiger partial charge in [0.05, 0.1) is 21.5 Å². The van der Waals surface area contributed by atoms with Crippen LogP contribution in [0.2, 0.25) is 0 Å². The number of nitriles is 2. The Morgan fingerprint density at radius 1 is 1.00 bits per heavy atom. The Morgan fingerprint density at radius 3 is 2.10 bits per heavy atom. The van der Waals surface area contributed by atoms with Crippen LogP contribution in [0.3, 0.4) is 0 Å². The highest BCUT2D eigenvalue weighted by Gasteiger charge is 2.38. The minimum absolute atomic E-state index is 0.172. The van der Waals surface area contributed by atoms with Crippen LogP contribution in [0.1, 0.15) is 5.56 Å². The largest absolute Gasteiger partial charge is 0.435 e. The topological polar surface area (TPSA) is 158 Å². The number of alkyl halides is 3. The molecule has 0 radical (unpaired) electrons. The molecule has 0 aliphatic carbocycles. The van der Waals surface area contributed by atoms with Crippen molar-refractivity contribution in [1.29, 1.82) is 10.5 Å². The van der Waals surface area contributed by atoms with Crippen molar-refractivity contribution in [1.82, 2.24) is 0 Å². The van der Waals surface area contributed by atoms with Crippen molar-refractivity contribution in [3.63, 3.8) is 0 Å². The van der Waals surface area contributed by atoms with Crippen LogP contribution in [0.15, 0.2) is 64.8 Å². The molecule has 0 bridgehead atoms. The maximum atomic E-state index is 13.5. The van der Waals surface area contributed by atoms with Crippen molar-refractivity contribution >= 4 is 22.9 Å². The van der Waals surface area contributed by atoms with E-state index >= 15 is 0 Å². The molecule has 0 unspecified atom stereocenters. The first-order valence-electron chi connectivity index (χ1n) is 8.04. The van der Waals surface area contributed by atoms with E-state index in [9.17, 15) is 33.4 Å². The second kappa shape index (κ2) is 9.15. The van der Waals surface area contributed by atoms with Gasteiger partial charge in [-0.05, 0) is 18.2 Å². The molecule has 0 heterocycles. The van der Waals surface area contributed by atoms with Gasteiger partial charge in [0, 0.05) is 11.8 Å². The van der Waals surface area contributed by atoms with Crippen molar-refractivity contribution in [3.8, 4) is 12.1 Å². The summed E-state index contributed by atoms with van der Waals surface area (Å²) in [6.07, 6.45) is -5.25. The number of hydrogen-bond acceptors (Lipinski definition) is 7. The number of allylic oxidation sites excluding steroid dienone is 2. The molecule has 156 valence electrons. The maximum absolute atomic E-state index is 13.5. The number of amidine groups is 1. The molecule has 0 aliphatic rings. The van der Waals surface area contributed by atoms with E-state index < -0.39 is 50.1 Å². The van der Waals surface area contributed by atoms with E-state index in [-0.39, 0.29) is 5.69 Å². The van der Waals surface area contributed by atoms with Crippen molar-refractivity contribution in [3.05, 3.63) is 85.6 Å². The van der Waals surface area contributed by atoms with E-state index in [1.165, 1.54) is 24.3 Å². The van der Waals surface area contributed by atoms with Gasteiger partial charge >= 0.3 is 6.18 Å². The zero-order chi connectivity index (χ0) is 23.2. The van der Waals surface area contributed by atoms with Crippen LogP contribution in [0.25, 0.3) is 0 Å². The molecule has 0 amide bonds. The van der Waals surface area contributed by atoms with Crippen molar-refractivity contribution < 1.29 is 23.0 Å². The first-order chi connectivity index (χ1) is 14.6. The number of non-ortho nitro benzene ring substituents is 1. The third kappa shape index (κ3) is 5.39. The molecule has 0 spiro atoms. The molecule has 0 fully saturated rings. The van der Waals surface area contributed by atoms with Crippen LogP contribution < -0.4 is 5.32 Å². The zero-order valence-corrected chi connectivity index (χ0v) is 15.1. The molecule has 0 aromatic heterocycles. The Kier molecular flexibility index (Phi) is 6.64. The van der Waals surface area contributed by atoms with Gasteiger partial charge in [-0.25, -0.2) is 4.99 Å². The zero-order valence-electron chi connectivity index (χ0n) is 15.1. The van der Waals surface area contributed by atoms with Gasteiger partial charge in [0.15, 0.2) is 11.3 Å². The molecule has 31 heavy (non-hydrogen) atoms. The number of anilines is 1. The molecular formula is C18H9F3N6O4. The molecule has 2 rings (SSSR count). The number of para-hydroxylation sites is 1. The van der Waals surface area contributed by atoms with E-state index in [4.69, 9.17) is 10.5 Å². The Balaban J connectivity index is 2.85. The Hall–Kier alpha value is -4.78. The quantitative estimate of drug-likeness (QED) is 0.244. The van der Waals surface area contributed by atoms with E-state index in [1.807, 2.05) is 0 Å². The lowest BCUT2D eigenvalue weighted by Crippen LogP contribution is -2.20. The van der Waals surface area contributed by atoms with Gasteiger partial charge < -0.3 is 5.32 Å². The van der Waals surface area contributed by atoms with Crippen molar-refractivity contribution in [2.24, 2.45) is 4.99 Å². The standard InChI is InChI=1S/C18H9F3N6O4/c19-18(20,21)16(11(9-22)10-23)25-17(24-12-4-2-1-3-5-12)14-7-6-13(26(28)29)8-15(14)27(30)31/h1-8H,(H,24,25). The number of nitrogens with zero attached hydrogens (tertiary/aromatic N) is 5. The summed E-state index contributed by atoms with van der Waals surface area (Å²) in [4.78, 5) is 23.7. The summed E-state index contributed by atoms with van der Waals surface area (Å²) in [6, 6.07) is 11.9. The van der Waals surface area contributed by atoms with E-state index in [0.29, 0.717) is 6.07 Å². The number of nitrogens with one attached hydrogen (secondary N) is 1. The molecule has 10 nitrogen and oxygen atoms in total. The van der Waals surface area contributed by atoms with Crippen molar-refractivity contribution in [2.45, 2.75) is 6.18 Å². The molecule has 0 aliphatic heterocycles. The molecule has 0 saturated heterocycles. The van der Waals surface area contributed by atoms with Crippen LogP contribution in [0.5, 0.6) is 0 Å². The van der Waals surface area contributed by atoms with Crippen LogP contribution in [0, 0.1) is 42.9 Å². The summed E-state index contributed by atoms with van der Waals surface area (Å²) in [6.45, 7) is 0. The van der Waals surface area contributed by atoms with Gasteiger partial charge in [0.25, 0.3) is 11.4 Å². The highest BCUT2D eigenvalue weighted by Crippen LogP contribution is 2.32. The lowest BCUT2D eigenvalue weighted by Gasteiger charge is -2.13. The number of hydrogen-bond donors (Lipinski definition) is 1. The predicted octanol–water partition coefficient (Wildman–Crippen LogP) is 4.23. The molecule has 2 aromatic carbocycles. The fraction of sp³-hybridized carbons (Fsp3) is 0.0556. The number of rotatable bonds is 5. The fourth-order valence-corrected chi connectivity index (χ4v) is 2.30. The Labute approximate surface area is 171 Å². The Morgan fingerprint density at radius 2 is 1.61 bits per heavy atom. The summed E-state index contributed by atoms with van der Waals surface area (Å²) in [7, 11) is 0. The van der Waals surface area contributed by atoms with Crippen molar-refractivity contribution in [2.75, 3.05) is 5.32 Å². The minimum Gasteiger partial charge on any atom is -0.340 e. The first-order valence-corrected chi connectivity index (χ1v) is 8.04. The van der Waals surface area contributed by atoms with E-state index in [2.05, 4.69) is 10.3 Å². The van der Waals surface area contributed by atoms with Crippen LogP contribution in [-0.4, -0.2) is 21.9 Å². The summed E-state index contributed by atoms with van der Waals surface area (Å²) in [5.41, 5.74) is -5.19. The highest BCUT2D eigenvalue weighted by atomic mass is 19.4. The van der Waals surface area contributed by atoms with Crippen LogP contribution in [-0.2, 0) is 0 Å². The van der Waals surface area contributed by atoms with Gasteiger partial charge in [-0.3, -0.25) is 20.2 Å². The summed E-state index contributed by atoms with van der Waals surface area (Å²) in [5, 5.41) is 42.6. The van der Waals surface area contributed by atoms with Gasteiger partial charge in [0.1, 0.15) is 18.0 Å². The smallest absolute Gasteiger partial charge is 0.340 e. The molecule has 13 heteroatoms. The van der Waals surface area contributed by atoms with E-state index in [1.54, 1.807) is 6.07 Å². The number of nitro benzene ring substituents is 2. The normalized spacial score (nSPS) is 11.1. The summed E-state index contributed by atoms with van der Waals surface area (Å²) in [5.74, 6) is -0.747. The number of halogens is 3. The predicted molar refractivity (Wildman–Crippen MR) is 101 cm³/mol. The average molecular weight is 430 g/mol. The third-order valence-electron chi connectivity index (χ3n) is 3.63. The number of benzene rings is 2. The van der Waals surface area contributed by atoms with Gasteiger partial charge in [-0.2, -0.15) is 23.7 Å². The van der Waals surface area contributed by atoms with Crippen LogP contribution in [0.4, 0.5) is 30.2 Å². The Bertz CT molecular complexity index is 1160. The summed E-state index contributed by atoms with van der Waals surface area (Å²) >= 11 is 0. The molecular weight excluding hydrogens is 421 g/mol. The lowest BCUT2D eigenvalue weighted by atomic mass is 10.1. The number of nitro groups is 2. The lowest BCUT2D eigenvalue weighted by molar-refractivity contribution is -0.394. The molecule has 0 saturated carbocycles. The third-order valence-corrected chi connectivity index (χ3v) is 3.63. The molecule has 0 atom stereocenters. The fourth-order valence-electron chi connectivity index (χ4n) is 2.30. The second-order valence-electron chi connectivity index (χ2n) is 5.61. The van der Waals surface area contributed by atoms with Gasteiger partial charge in [-0.15, -0.1) is 0 Å². The highest BCUT2D eigenvalue weighted by molar-refractivity contribution is 6.11.